The average Bonchev–Trinajstić information content (AvgIpc) is 2.69. The van der Waals surface area contributed by atoms with Crippen LogP contribution in [0.1, 0.15) is 24.2 Å². The first-order chi connectivity index (χ1) is 13.9. The van der Waals surface area contributed by atoms with Crippen LogP contribution in [0.2, 0.25) is 0 Å². The van der Waals surface area contributed by atoms with Gasteiger partial charge in [-0.2, -0.15) is 0 Å². The number of hydrogen-bond donors (Lipinski definition) is 0. The van der Waals surface area contributed by atoms with Gasteiger partial charge in [-0.25, -0.2) is 18.6 Å². The van der Waals surface area contributed by atoms with Crippen molar-refractivity contribution in [3.8, 4) is 23.2 Å². The molecule has 0 radical (unpaired) electrons. The van der Waals surface area contributed by atoms with Crippen molar-refractivity contribution in [1.82, 2.24) is 0 Å². The van der Waals surface area contributed by atoms with Crippen LogP contribution in [0.5, 0.6) is 23.2 Å². The van der Waals surface area contributed by atoms with Gasteiger partial charge in [-0.15, -0.1) is 10.2 Å². The summed E-state index contributed by atoms with van der Waals surface area (Å²) >= 11 is 0. The van der Waals surface area contributed by atoms with Crippen LogP contribution in [-0.2, 0) is 9.53 Å². The predicted molar refractivity (Wildman–Crippen MR) is 92.0 cm³/mol. The molecule has 0 fully saturated rings. The molecule has 1 aromatic carbocycles. The highest BCUT2D eigenvalue weighted by atomic mass is 35.7. The Labute approximate surface area is 175 Å². The summed E-state index contributed by atoms with van der Waals surface area (Å²) in [5, 5.41) is 1.37. The molecule has 0 bridgehead atoms. The SMILES string of the molecule is COC(=O)C(C)c1c(OC)[o+]c(C)c2c(OC)c(OC)c(OC)cc12.[O-][Cl+3]([O-])([O-])[O-]. The summed E-state index contributed by atoms with van der Waals surface area (Å²) < 4.78 is 66.4. The number of aryl methyl sites for hydroxylation is 1. The lowest BCUT2D eigenvalue weighted by Crippen LogP contribution is -2.68. The van der Waals surface area contributed by atoms with Crippen LogP contribution >= 0.6 is 0 Å². The van der Waals surface area contributed by atoms with Gasteiger partial charge >= 0.3 is 11.9 Å². The maximum atomic E-state index is 12.1. The molecule has 0 amide bonds. The van der Waals surface area contributed by atoms with Crippen molar-refractivity contribution in [3.05, 3.63) is 17.4 Å². The van der Waals surface area contributed by atoms with Crippen LogP contribution in [0.15, 0.2) is 10.5 Å². The smallest absolute Gasteiger partial charge is 0.493 e. The lowest BCUT2D eigenvalue weighted by molar-refractivity contribution is -2.00. The molecule has 1 aromatic heterocycles. The van der Waals surface area contributed by atoms with Crippen molar-refractivity contribution in [2.45, 2.75) is 19.8 Å². The molecule has 30 heavy (non-hydrogen) atoms. The number of benzene rings is 1. The van der Waals surface area contributed by atoms with E-state index in [0.29, 0.717) is 39.3 Å². The van der Waals surface area contributed by atoms with Crippen LogP contribution in [0.25, 0.3) is 10.8 Å². The Morgan fingerprint density at radius 1 is 0.967 bits per heavy atom. The Morgan fingerprint density at radius 2 is 1.50 bits per heavy atom. The van der Waals surface area contributed by atoms with E-state index >= 15 is 0 Å². The van der Waals surface area contributed by atoms with Crippen LogP contribution < -0.4 is 37.6 Å². The molecular weight excluding hydrogens is 428 g/mol. The zero-order chi connectivity index (χ0) is 23.2. The van der Waals surface area contributed by atoms with E-state index in [1.165, 1.54) is 35.5 Å². The van der Waals surface area contributed by atoms with E-state index in [1.807, 2.05) is 0 Å². The van der Waals surface area contributed by atoms with Crippen molar-refractivity contribution in [1.29, 1.82) is 0 Å². The highest BCUT2D eigenvalue weighted by Crippen LogP contribution is 2.48. The number of rotatable bonds is 6. The molecule has 1 unspecified atom stereocenters. The molecule has 12 heteroatoms. The van der Waals surface area contributed by atoms with Crippen LogP contribution in [0.3, 0.4) is 0 Å². The maximum absolute atomic E-state index is 12.1. The summed E-state index contributed by atoms with van der Waals surface area (Å²) in [6.45, 7) is 3.50. The minimum Gasteiger partial charge on any atom is -0.493 e. The number of ether oxygens (including phenoxy) is 5. The van der Waals surface area contributed by atoms with E-state index in [4.69, 9.17) is 46.7 Å². The van der Waals surface area contributed by atoms with E-state index in [-0.39, 0.29) is 5.95 Å². The zero-order valence-electron chi connectivity index (χ0n) is 17.5. The van der Waals surface area contributed by atoms with E-state index in [0.717, 1.165) is 0 Å². The third-order valence-electron chi connectivity index (χ3n) is 4.11. The summed E-state index contributed by atoms with van der Waals surface area (Å²) in [5.41, 5.74) is 0.550. The fourth-order valence-electron chi connectivity index (χ4n) is 2.93. The number of carbonyl (C=O) groups excluding carboxylic acids is 1. The molecule has 0 aliphatic heterocycles. The first-order valence-electron chi connectivity index (χ1n) is 8.27. The third kappa shape index (κ3) is 5.74. The van der Waals surface area contributed by atoms with Crippen molar-refractivity contribution in [2.75, 3.05) is 35.5 Å². The molecule has 0 saturated heterocycles. The van der Waals surface area contributed by atoms with Gasteiger partial charge in [-0.3, -0.25) is 9.21 Å². The third-order valence-corrected chi connectivity index (χ3v) is 4.11. The predicted octanol–water partition coefficient (Wildman–Crippen LogP) is -1.42. The number of methoxy groups -OCH3 is 5. The molecule has 0 saturated carbocycles. The second-order valence-corrected chi connectivity index (χ2v) is 6.51. The second-order valence-electron chi connectivity index (χ2n) is 5.75. The first-order valence-corrected chi connectivity index (χ1v) is 9.51. The van der Waals surface area contributed by atoms with Gasteiger partial charge in [0, 0.05) is 12.3 Å². The molecular formula is C18H23ClO11. The van der Waals surface area contributed by atoms with Crippen molar-refractivity contribution < 1.29 is 61.8 Å². The van der Waals surface area contributed by atoms with Crippen LogP contribution in [0, 0.1) is 17.2 Å². The first kappa shape index (κ1) is 25.5. The molecule has 0 aliphatic carbocycles. The summed E-state index contributed by atoms with van der Waals surface area (Å²) in [7, 11) is 2.46. The van der Waals surface area contributed by atoms with Gasteiger partial charge in [-0.1, -0.05) is 0 Å². The van der Waals surface area contributed by atoms with E-state index in [9.17, 15) is 4.79 Å². The number of fused-ring (bicyclic) bond motifs is 1. The van der Waals surface area contributed by atoms with Gasteiger partial charge in [0.25, 0.3) is 0 Å². The Morgan fingerprint density at radius 3 is 1.90 bits per heavy atom. The fraction of sp³-hybridized carbons (Fsp3) is 0.444. The Hall–Kier alpha value is -2.57. The average molecular weight is 451 g/mol. The van der Waals surface area contributed by atoms with Gasteiger partial charge in [-0.05, 0) is 13.0 Å². The summed E-state index contributed by atoms with van der Waals surface area (Å²) in [6.07, 6.45) is 0. The maximum Gasteiger partial charge on any atom is 0.522 e. The highest BCUT2D eigenvalue weighted by Gasteiger charge is 2.34. The number of carbonyl (C=O) groups is 1. The Bertz CT molecular complexity index is 886. The summed E-state index contributed by atoms with van der Waals surface area (Å²) in [6, 6.07) is 1.77. The highest BCUT2D eigenvalue weighted by molar-refractivity contribution is 5.99. The fourth-order valence-corrected chi connectivity index (χ4v) is 2.93. The molecule has 0 spiro atoms. The Balaban J connectivity index is 0.000000804. The lowest BCUT2D eigenvalue weighted by atomic mass is 9.95. The van der Waals surface area contributed by atoms with E-state index < -0.39 is 22.1 Å². The summed E-state index contributed by atoms with van der Waals surface area (Å²) in [5.74, 6) is 1.14. The van der Waals surface area contributed by atoms with Crippen molar-refractivity contribution in [2.24, 2.45) is 0 Å². The van der Waals surface area contributed by atoms with E-state index in [1.54, 1.807) is 19.9 Å². The molecule has 1 heterocycles. The molecule has 2 aromatic rings. The normalized spacial score (nSPS) is 11.8. The van der Waals surface area contributed by atoms with Gasteiger partial charge in [0.15, 0.2) is 18.6 Å². The van der Waals surface area contributed by atoms with Gasteiger partial charge in [0.2, 0.25) is 11.5 Å². The number of hydrogen-bond acceptors (Lipinski definition) is 10. The molecule has 11 nitrogen and oxygen atoms in total. The van der Waals surface area contributed by atoms with E-state index in [2.05, 4.69) is 0 Å². The largest absolute Gasteiger partial charge is 0.522 e. The monoisotopic (exact) mass is 450 g/mol. The second kappa shape index (κ2) is 10.5. The van der Waals surface area contributed by atoms with Gasteiger partial charge < -0.3 is 23.7 Å². The number of halogens is 1. The molecule has 0 N–H and O–H groups in total. The zero-order valence-corrected chi connectivity index (χ0v) is 18.3. The summed E-state index contributed by atoms with van der Waals surface area (Å²) in [4.78, 5) is 12.1. The number of esters is 1. The van der Waals surface area contributed by atoms with Crippen molar-refractivity contribution >= 4 is 16.7 Å². The molecule has 0 aliphatic rings. The van der Waals surface area contributed by atoms with Gasteiger partial charge in [0.1, 0.15) is 5.56 Å². The van der Waals surface area contributed by atoms with Crippen LogP contribution in [0.4, 0.5) is 0 Å². The molecule has 168 valence electrons. The topological polar surface area (TPSA) is 167 Å². The standard InChI is InChI=1S/C18H23O7.ClHO4/c1-9(17(19)23-6)13-11-8-12(20-3)15(21-4)16(22-5)14(11)10(2)25-18(13)24-7;2-1(3,4)5/h8-9H,1-7H3;(H,2,3,4,5)/q+1;/p-1. The molecule has 2 rings (SSSR count). The molecule has 1 atom stereocenters. The Kier molecular flexibility index (Phi) is 8.88. The van der Waals surface area contributed by atoms with Gasteiger partial charge in [0.05, 0.1) is 39.7 Å². The minimum absolute atomic E-state index is 0.233. The van der Waals surface area contributed by atoms with Crippen molar-refractivity contribution in [3.63, 3.8) is 0 Å². The van der Waals surface area contributed by atoms with Crippen LogP contribution in [-0.4, -0.2) is 41.5 Å². The lowest BCUT2D eigenvalue weighted by Gasteiger charge is -2.17. The quantitative estimate of drug-likeness (QED) is 0.374. The minimum atomic E-state index is -4.94.